The maximum atomic E-state index is 11.8. The maximum absolute atomic E-state index is 11.8. The summed E-state index contributed by atoms with van der Waals surface area (Å²) >= 11 is 0. The number of nitrogens with zero attached hydrogens (tertiary/aromatic N) is 1. The number of Topliss-reactive ketones (excluding diaryl/α,β-unsaturated/α-hetero) is 1. The highest BCUT2D eigenvalue weighted by Crippen LogP contribution is 2.14. The predicted octanol–water partition coefficient (Wildman–Crippen LogP) is 3.09. The Morgan fingerprint density at radius 1 is 1.32 bits per heavy atom. The Hall–Kier alpha value is -1.88. The third-order valence-corrected chi connectivity index (χ3v) is 2.65. The molecule has 5 heteroatoms. The molecule has 2 rings (SSSR count). The minimum Gasteiger partial charge on any atom is -0.375 e. The fourth-order valence-corrected chi connectivity index (χ4v) is 1.72. The summed E-state index contributed by atoms with van der Waals surface area (Å²) in [6.07, 6.45) is -0.757. The summed E-state index contributed by atoms with van der Waals surface area (Å²) in [5.41, 5.74) is 1.26. The Morgan fingerprint density at radius 2 is 2.16 bits per heavy atom. The van der Waals surface area contributed by atoms with Crippen LogP contribution in [0.2, 0.25) is 0 Å². The molecule has 0 aliphatic heterocycles. The molecule has 0 atom stereocenters. The van der Waals surface area contributed by atoms with E-state index in [2.05, 4.69) is 9.72 Å². The molecule has 100 valence electrons. The Labute approximate surface area is 109 Å². The third kappa shape index (κ3) is 3.79. The van der Waals surface area contributed by atoms with Crippen molar-refractivity contribution in [2.45, 2.75) is 12.8 Å². The van der Waals surface area contributed by atoms with Gasteiger partial charge >= 0.3 is 0 Å². The number of carbonyl (C=O) groups is 1. The molecule has 1 aromatic heterocycles. The van der Waals surface area contributed by atoms with E-state index in [-0.39, 0.29) is 18.8 Å². The lowest BCUT2D eigenvalue weighted by atomic mass is 10.1. The number of pyridine rings is 1. The molecule has 0 spiro atoms. The largest absolute Gasteiger partial charge is 0.375 e. The summed E-state index contributed by atoms with van der Waals surface area (Å²) in [6, 6.07) is 8.95. The van der Waals surface area contributed by atoms with Crippen LogP contribution in [-0.2, 0) is 4.74 Å². The molecule has 19 heavy (non-hydrogen) atoms. The highest BCUT2D eigenvalue weighted by molar-refractivity contribution is 5.99. The number of hydrogen-bond acceptors (Lipinski definition) is 3. The molecule has 0 amide bonds. The molecule has 0 aliphatic rings. The quantitative estimate of drug-likeness (QED) is 0.595. The van der Waals surface area contributed by atoms with Gasteiger partial charge in [-0.05, 0) is 12.1 Å². The minimum absolute atomic E-state index is 0.00340. The average Bonchev–Trinajstić information content (AvgIpc) is 2.42. The molecule has 0 saturated carbocycles. The molecule has 2 aromatic rings. The van der Waals surface area contributed by atoms with Gasteiger partial charge in [0.1, 0.15) is 6.61 Å². The van der Waals surface area contributed by atoms with Gasteiger partial charge in [0.05, 0.1) is 12.1 Å². The number of ether oxygens (including phenoxy) is 1. The first-order valence-electron chi connectivity index (χ1n) is 5.90. The van der Waals surface area contributed by atoms with Gasteiger partial charge in [-0.2, -0.15) is 0 Å². The van der Waals surface area contributed by atoms with E-state index in [4.69, 9.17) is 0 Å². The summed E-state index contributed by atoms with van der Waals surface area (Å²) in [5.74, 6) is -0.137. The van der Waals surface area contributed by atoms with Gasteiger partial charge < -0.3 is 4.74 Å². The summed E-state index contributed by atoms with van der Waals surface area (Å²) in [6.45, 7) is -0.629. The fourth-order valence-electron chi connectivity index (χ4n) is 1.72. The van der Waals surface area contributed by atoms with Gasteiger partial charge in [0.15, 0.2) is 5.78 Å². The van der Waals surface area contributed by atoms with Crippen LogP contribution >= 0.6 is 0 Å². The topological polar surface area (TPSA) is 39.2 Å². The van der Waals surface area contributed by atoms with Crippen LogP contribution in [0.1, 0.15) is 16.8 Å². The first-order valence-corrected chi connectivity index (χ1v) is 5.90. The zero-order chi connectivity index (χ0) is 13.7. The van der Waals surface area contributed by atoms with Gasteiger partial charge in [0, 0.05) is 23.6 Å². The number of aromatic nitrogens is 1. The molecular formula is C14H13F2NO2. The van der Waals surface area contributed by atoms with E-state index >= 15 is 0 Å². The molecule has 0 unspecified atom stereocenters. The molecular weight excluding hydrogens is 252 g/mol. The zero-order valence-electron chi connectivity index (χ0n) is 10.2. The summed E-state index contributed by atoms with van der Waals surface area (Å²) in [4.78, 5) is 16.0. The molecule has 0 N–H and O–H groups in total. The lowest BCUT2D eigenvalue weighted by Gasteiger charge is -2.04. The Morgan fingerprint density at radius 3 is 2.95 bits per heavy atom. The third-order valence-electron chi connectivity index (χ3n) is 2.65. The SMILES string of the molecule is O=C(CCOCC(F)F)c1ccc2cccnc2c1. The molecule has 0 radical (unpaired) electrons. The van der Waals surface area contributed by atoms with Crippen LogP contribution < -0.4 is 0 Å². The molecule has 0 bridgehead atoms. The van der Waals surface area contributed by atoms with Crippen LogP contribution in [0, 0.1) is 0 Å². The lowest BCUT2D eigenvalue weighted by molar-refractivity contribution is 0.0170. The second-order valence-corrected chi connectivity index (χ2v) is 4.05. The van der Waals surface area contributed by atoms with Crippen molar-refractivity contribution in [3.8, 4) is 0 Å². The maximum Gasteiger partial charge on any atom is 0.261 e. The van der Waals surface area contributed by atoms with Crippen molar-refractivity contribution in [3.05, 3.63) is 42.1 Å². The van der Waals surface area contributed by atoms with Crippen molar-refractivity contribution in [1.29, 1.82) is 0 Å². The van der Waals surface area contributed by atoms with Crippen molar-refractivity contribution in [3.63, 3.8) is 0 Å². The first kappa shape index (κ1) is 13.5. The predicted molar refractivity (Wildman–Crippen MR) is 67.5 cm³/mol. The van der Waals surface area contributed by atoms with E-state index in [0.717, 1.165) is 10.9 Å². The number of alkyl halides is 2. The summed E-state index contributed by atoms with van der Waals surface area (Å²) in [5, 5.41) is 0.952. The van der Waals surface area contributed by atoms with E-state index in [1.165, 1.54) is 0 Å². The number of rotatable bonds is 6. The minimum atomic E-state index is -2.50. The number of hydrogen-bond donors (Lipinski definition) is 0. The van der Waals surface area contributed by atoms with Crippen LogP contribution in [0.15, 0.2) is 36.5 Å². The molecule has 1 heterocycles. The smallest absolute Gasteiger partial charge is 0.261 e. The zero-order valence-corrected chi connectivity index (χ0v) is 10.2. The second-order valence-electron chi connectivity index (χ2n) is 4.05. The standard InChI is InChI=1S/C14H13F2NO2/c15-14(16)9-19-7-5-13(18)11-4-3-10-2-1-6-17-12(10)8-11/h1-4,6,8,14H,5,7,9H2. The van der Waals surface area contributed by atoms with Gasteiger partial charge in [0.25, 0.3) is 6.43 Å². The fraction of sp³-hybridized carbons (Fsp3) is 0.286. The molecule has 1 aromatic carbocycles. The van der Waals surface area contributed by atoms with Gasteiger partial charge in [0.2, 0.25) is 0 Å². The van der Waals surface area contributed by atoms with Gasteiger partial charge in [-0.1, -0.05) is 18.2 Å². The number of carbonyl (C=O) groups excluding carboxylic acids is 1. The molecule has 0 aliphatic carbocycles. The van der Waals surface area contributed by atoms with Crippen LogP contribution in [0.3, 0.4) is 0 Å². The van der Waals surface area contributed by atoms with Crippen molar-refractivity contribution < 1.29 is 18.3 Å². The summed E-state index contributed by atoms with van der Waals surface area (Å²) in [7, 11) is 0. The highest BCUT2D eigenvalue weighted by atomic mass is 19.3. The van der Waals surface area contributed by atoms with Crippen molar-refractivity contribution in [2.24, 2.45) is 0 Å². The van der Waals surface area contributed by atoms with Crippen LogP contribution in [0.5, 0.6) is 0 Å². The van der Waals surface area contributed by atoms with Crippen molar-refractivity contribution >= 4 is 16.7 Å². The van der Waals surface area contributed by atoms with Crippen LogP contribution in [-0.4, -0.2) is 30.4 Å². The van der Waals surface area contributed by atoms with Gasteiger partial charge in [-0.25, -0.2) is 8.78 Å². The highest BCUT2D eigenvalue weighted by Gasteiger charge is 2.08. The number of fused-ring (bicyclic) bond motifs is 1. The van der Waals surface area contributed by atoms with E-state index in [0.29, 0.717) is 5.56 Å². The summed E-state index contributed by atoms with van der Waals surface area (Å²) < 4.78 is 28.4. The van der Waals surface area contributed by atoms with Crippen molar-refractivity contribution in [2.75, 3.05) is 13.2 Å². The normalized spacial score (nSPS) is 11.1. The lowest BCUT2D eigenvalue weighted by Crippen LogP contribution is -2.09. The van der Waals surface area contributed by atoms with Crippen LogP contribution in [0.4, 0.5) is 8.78 Å². The van der Waals surface area contributed by atoms with E-state index in [9.17, 15) is 13.6 Å². The number of halogens is 2. The number of benzene rings is 1. The Balaban J connectivity index is 1.97. The van der Waals surface area contributed by atoms with Crippen LogP contribution in [0.25, 0.3) is 10.9 Å². The molecule has 0 saturated heterocycles. The Bertz CT molecular complexity index is 572. The molecule has 0 fully saturated rings. The first-order chi connectivity index (χ1) is 9.16. The Kier molecular flexibility index (Phi) is 4.52. The van der Waals surface area contributed by atoms with E-state index in [1.54, 1.807) is 18.3 Å². The monoisotopic (exact) mass is 265 g/mol. The van der Waals surface area contributed by atoms with Gasteiger partial charge in [-0.15, -0.1) is 0 Å². The van der Waals surface area contributed by atoms with E-state index < -0.39 is 13.0 Å². The van der Waals surface area contributed by atoms with Crippen molar-refractivity contribution in [1.82, 2.24) is 4.98 Å². The second kappa shape index (κ2) is 6.33. The van der Waals surface area contributed by atoms with Gasteiger partial charge in [-0.3, -0.25) is 9.78 Å². The molecule has 3 nitrogen and oxygen atoms in total. The number of ketones is 1. The van der Waals surface area contributed by atoms with E-state index in [1.807, 2.05) is 18.2 Å². The average molecular weight is 265 g/mol.